The van der Waals surface area contributed by atoms with Gasteiger partial charge in [-0.05, 0) is 18.2 Å². The van der Waals surface area contributed by atoms with Gasteiger partial charge in [-0.1, -0.05) is 12.1 Å². The van der Waals surface area contributed by atoms with Crippen molar-refractivity contribution in [3.8, 4) is 0 Å². The zero-order valence-electron chi connectivity index (χ0n) is 9.72. The molecule has 2 aromatic rings. The van der Waals surface area contributed by atoms with Crippen molar-refractivity contribution >= 4 is 11.5 Å². The van der Waals surface area contributed by atoms with Crippen LogP contribution in [0.3, 0.4) is 0 Å². The lowest BCUT2D eigenvalue weighted by Crippen LogP contribution is -2.52. The fraction of sp³-hybridized carbons (Fsp3) is 0.167. The van der Waals surface area contributed by atoms with Gasteiger partial charge in [-0.25, -0.2) is 4.99 Å². The van der Waals surface area contributed by atoms with Gasteiger partial charge in [0.1, 0.15) is 5.84 Å². The van der Waals surface area contributed by atoms with E-state index in [0.717, 1.165) is 16.9 Å². The highest BCUT2D eigenvalue weighted by atomic mass is 15.3. The Kier molecular flexibility index (Phi) is 2.31. The highest BCUT2D eigenvalue weighted by molar-refractivity contribution is 6.04. The van der Waals surface area contributed by atoms with Crippen molar-refractivity contribution < 1.29 is 0 Å². The van der Waals surface area contributed by atoms with Gasteiger partial charge >= 0.3 is 0 Å². The van der Waals surface area contributed by atoms with Gasteiger partial charge in [-0.2, -0.15) is 5.10 Å². The summed E-state index contributed by atoms with van der Waals surface area (Å²) >= 11 is 0. The second kappa shape index (κ2) is 3.85. The summed E-state index contributed by atoms with van der Waals surface area (Å²) in [6.07, 6.45) is 2.22. The summed E-state index contributed by atoms with van der Waals surface area (Å²) in [7, 11) is 0. The van der Waals surface area contributed by atoms with E-state index in [0.29, 0.717) is 12.3 Å². The summed E-state index contributed by atoms with van der Waals surface area (Å²) in [6, 6.07) is 9.56. The lowest BCUT2D eigenvalue weighted by atomic mass is 10.1. The Morgan fingerprint density at radius 2 is 2.06 bits per heavy atom. The zero-order valence-corrected chi connectivity index (χ0v) is 9.72. The van der Waals surface area contributed by atoms with E-state index in [4.69, 9.17) is 11.5 Å². The van der Waals surface area contributed by atoms with Crippen LogP contribution >= 0.6 is 0 Å². The second-order valence-corrected chi connectivity index (χ2v) is 4.33. The molecule has 0 spiro atoms. The van der Waals surface area contributed by atoms with Crippen LogP contribution in [0, 0.1) is 0 Å². The predicted octanol–water partition coefficient (Wildman–Crippen LogP) is 0.396. The smallest absolute Gasteiger partial charge is 0.190 e. The molecule has 1 aromatic heterocycles. The molecule has 0 bridgehead atoms. The van der Waals surface area contributed by atoms with E-state index in [1.807, 2.05) is 30.3 Å². The number of hydrogen-bond acceptors (Lipinski definition) is 5. The fourth-order valence-corrected chi connectivity index (χ4v) is 2.10. The van der Waals surface area contributed by atoms with Gasteiger partial charge in [0.25, 0.3) is 0 Å². The molecule has 0 amide bonds. The summed E-state index contributed by atoms with van der Waals surface area (Å²) < 4.78 is 0. The maximum absolute atomic E-state index is 6.22. The van der Waals surface area contributed by atoms with Crippen molar-refractivity contribution in [1.29, 1.82) is 0 Å². The Labute approximate surface area is 104 Å². The van der Waals surface area contributed by atoms with Crippen LogP contribution in [-0.4, -0.2) is 21.8 Å². The Morgan fingerprint density at radius 1 is 1.22 bits per heavy atom. The number of hydrogen-bond donors (Lipinski definition) is 4. The van der Waals surface area contributed by atoms with E-state index in [1.54, 1.807) is 6.20 Å². The number of fused-ring (bicyclic) bond motifs is 1. The molecular formula is C12H14N6. The van der Waals surface area contributed by atoms with Gasteiger partial charge in [0.05, 0.1) is 5.69 Å². The highest BCUT2D eigenvalue weighted by Gasteiger charge is 2.30. The summed E-state index contributed by atoms with van der Waals surface area (Å²) in [5.41, 5.74) is 14.8. The van der Waals surface area contributed by atoms with E-state index < -0.39 is 5.79 Å². The third-order valence-corrected chi connectivity index (χ3v) is 2.88. The topological polar surface area (TPSA) is 105 Å². The van der Waals surface area contributed by atoms with Crippen molar-refractivity contribution in [2.24, 2.45) is 16.5 Å². The van der Waals surface area contributed by atoms with Gasteiger partial charge in [-0.3, -0.25) is 10.8 Å². The van der Waals surface area contributed by atoms with Crippen molar-refractivity contribution in [1.82, 2.24) is 10.2 Å². The summed E-state index contributed by atoms with van der Waals surface area (Å²) in [5.74, 6) is -0.504. The Morgan fingerprint density at radius 3 is 2.83 bits per heavy atom. The van der Waals surface area contributed by atoms with Crippen LogP contribution in [-0.2, 0) is 6.42 Å². The highest BCUT2D eigenvalue weighted by Crippen LogP contribution is 2.25. The SMILES string of the molecule is NC1=NC(N)(Cc2cc[nH]n2)Nc2ccccc21. The molecule has 1 atom stereocenters. The zero-order chi connectivity index (χ0) is 12.6. The minimum absolute atomic E-state index is 0.447. The number of H-pyrrole nitrogens is 1. The van der Waals surface area contributed by atoms with Crippen molar-refractivity contribution in [2.75, 3.05) is 5.32 Å². The van der Waals surface area contributed by atoms with Crippen LogP contribution in [0.4, 0.5) is 5.69 Å². The lowest BCUT2D eigenvalue weighted by molar-refractivity contribution is 0.496. The van der Waals surface area contributed by atoms with Crippen molar-refractivity contribution in [2.45, 2.75) is 12.2 Å². The van der Waals surface area contributed by atoms with Gasteiger partial charge in [0.2, 0.25) is 0 Å². The maximum atomic E-state index is 6.22. The van der Waals surface area contributed by atoms with Gasteiger partial charge < -0.3 is 11.1 Å². The summed E-state index contributed by atoms with van der Waals surface area (Å²) in [5, 5.41) is 10.0. The van der Waals surface area contributed by atoms with Crippen LogP contribution in [0.25, 0.3) is 0 Å². The molecule has 0 saturated heterocycles. The van der Waals surface area contributed by atoms with E-state index in [9.17, 15) is 0 Å². The molecule has 18 heavy (non-hydrogen) atoms. The third kappa shape index (κ3) is 1.82. The third-order valence-electron chi connectivity index (χ3n) is 2.88. The summed E-state index contributed by atoms with van der Waals surface area (Å²) in [4.78, 5) is 4.34. The number of aromatic nitrogens is 2. The second-order valence-electron chi connectivity index (χ2n) is 4.33. The van der Waals surface area contributed by atoms with Crippen LogP contribution in [0.2, 0.25) is 0 Å². The van der Waals surface area contributed by atoms with Crippen molar-refractivity contribution in [3.05, 3.63) is 47.8 Å². The first-order valence-corrected chi connectivity index (χ1v) is 5.67. The maximum Gasteiger partial charge on any atom is 0.190 e. The normalized spacial score (nSPS) is 21.9. The quantitative estimate of drug-likeness (QED) is 0.611. The molecule has 0 saturated carbocycles. The number of benzene rings is 1. The number of aromatic amines is 1. The first kappa shape index (κ1) is 10.8. The molecule has 1 aliphatic rings. The van der Waals surface area contributed by atoms with Gasteiger partial charge in [0, 0.05) is 23.9 Å². The van der Waals surface area contributed by atoms with Crippen LogP contribution in [0.5, 0.6) is 0 Å². The molecule has 0 aliphatic carbocycles. The predicted molar refractivity (Wildman–Crippen MR) is 70.0 cm³/mol. The van der Waals surface area contributed by atoms with Crippen LogP contribution < -0.4 is 16.8 Å². The molecule has 6 heteroatoms. The molecule has 92 valence electrons. The molecule has 0 fully saturated rings. The lowest BCUT2D eigenvalue weighted by Gasteiger charge is -2.32. The number of aliphatic imine (C=N–C) groups is 1. The standard InChI is InChI=1S/C12H14N6/c13-11-9-3-1-2-4-10(9)16-12(14,17-11)7-8-5-6-15-18-8/h1-6,16H,7,14H2,(H2,13,17)(H,15,18). The average molecular weight is 242 g/mol. The molecule has 6 N–H and O–H groups in total. The molecule has 3 rings (SSSR count). The van der Waals surface area contributed by atoms with E-state index in [-0.39, 0.29) is 0 Å². The number of nitrogens with two attached hydrogens (primary N) is 2. The number of nitrogens with zero attached hydrogens (tertiary/aromatic N) is 2. The molecule has 6 nitrogen and oxygen atoms in total. The van der Waals surface area contributed by atoms with Gasteiger partial charge in [0.15, 0.2) is 5.79 Å². The number of anilines is 1. The largest absolute Gasteiger partial charge is 0.383 e. The fourth-order valence-electron chi connectivity index (χ4n) is 2.10. The Balaban J connectivity index is 1.95. The van der Waals surface area contributed by atoms with E-state index in [2.05, 4.69) is 20.5 Å². The summed E-state index contributed by atoms with van der Waals surface area (Å²) in [6.45, 7) is 0. The van der Waals surface area contributed by atoms with E-state index >= 15 is 0 Å². The number of rotatable bonds is 2. The van der Waals surface area contributed by atoms with Crippen molar-refractivity contribution in [3.63, 3.8) is 0 Å². The number of para-hydroxylation sites is 1. The van der Waals surface area contributed by atoms with Gasteiger partial charge in [-0.15, -0.1) is 0 Å². The monoisotopic (exact) mass is 242 g/mol. The molecule has 1 aliphatic heterocycles. The molecule has 0 radical (unpaired) electrons. The number of amidine groups is 1. The van der Waals surface area contributed by atoms with E-state index in [1.165, 1.54) is 0 Å². The first-order valence-electron chi connectivity index (χ1n) is 5.67. The number of nitrogens with one attached hydrogen (secondary N) is 2. The average Bonchev–Trinajstić information content (AvgIpc) is 2.81. The minimum Gasteiger partial charge on any atom is -0.383 e. The molecule has 2 heterocycles. The molecular weight excluding hydrogens is 228 g/mol. The minimum atomic E-state index is -0.951. The Hall–Kier alpha value is -2.34. The Bertz CT molecular complexity index is 588. The van der Waals surface area contributed by atoms with Crippen LogP contribution in [0.15, 0.2) is 41.5 Å². The van der Waals surface area contributed by atoms with Crippen LogP contribution in [0.1, 0.15) is 11.3 Å². The molecule has 1 aromatic carbocycles. The first-order chi connectivity index (χ1) is 8.66. The molecule has 1 unspecified atom stereocenters.